The van der Waals surface area contributed by atoms with E-state index in [4.69, 9.17) is 21.4 Å². The first kappa shape index (κ1) is 21.7. The van der Waals surface area contributed by atoms with E-state index >= 15 is 0 Å². The molecular weight excluding hydrogens is 412 g/mol. The van der Waals surface area contributed by atoms with E-state index in [0.29, 0.717) is 17.4 Å². The van der Waals surface area contributed by atoms with Crippen LogP contribution < -0.4 is 10.1 Å². The molecule has 1 amide bonds. The van der Waals surface area contributed by atoms with E-state index in [9.17, 15) is 4.79 Å². The Bertz CT molecular complexity index is 1070. The van der Waals surface area contributed by atoms with E-state index in [2.05, 4.69) is 17.3 Å². The number of hydrogen-bond donors (Lipinski definition) is 1. The fourth-order valence-electron chi connectivity index (χ4n) is 3.90. The highest BCUT2D eigenvalue weighted by Crippen LogP contribution is 2.29. The first-order valence-corrected chi connectivity index (χ1v) is 11.1. The fraction of sp³-hybridized carbons (Fsp3) is 0.417. The summed E-state index contributed by atoms with van der Waals surface area (Å²) in [5.41, 5.74) is 0.956. The second-order valence-electron chi connectivity index (χ2n) is 8.77. The third kappa shape index (κ3) is 5.02. The predicted octanol–water partition coefficient (Wildman–Crippen LogP) is 4.11. The minimum atomic E-state index is -1.04. The number of ether oxygens (including phenoxy) is 1. The van der Waals surface area contributed by atoms with E-state index in [0.717, 1.165) is 42.4 Å². The Kier molecular flexibility index (Phi) is 6.21. The molecule has 1 aliphatic heterocycles. The normalized spacial score (nSPS) is 15.9. The van der Waals surface area contributed by atoms with Crippen LogP contribution in [0.5, 0.6) is 5.88 Å². The number of aromatic nitrogens is 2. The summed E-state index contributed by atoms with van der Waals surface area (Å²) in [6.07, 6.45) is 1.91. The van der Waals surface area contributed by atoms with Crippen molar-refractivity contribution in [3.05, 3.63) is 59.1 Å². The Hall–Kier alpha value is -2.57. The maximum atomic E-state index is 13.0. The molecule has 2 aromatic carbocycles. The minimum Gasteiger partial charge on any atom is -0.460 e. The number of carbonyl (C=O) groups excluding carboxylic acids is 1. The molecule has 0 bridgehead atoms. The lowest BCUT2D eigenvalue weighted by Crippen LogP contribution is -2.52. The van der Waals surface area contributed by atoms with Crippen molar-refractivity contribution in [1.29, 1.82) is 0 Å². The third-order valence-corrected chi connectivity index (χ3v) is 6.03. The molecular formula is C24H29ClN4O2. The topological polar surface area (TPSA) is 59.4 Å². The molecule has 1 saturated heterocycles. The maximum Gasteiger partial charge on any atom is 0.263 e. The number of likely N-dealkylation sites (tertiary alicyclic amines) is 1. The van der Waals surface area contributed by atoms with Crippen LogP contribution in [0.3, 0.4) is 0 Å². The van der Waals surface area contributed by atoms with Crippen LogP contribution in [0.2, 0.25) is 5.02 Å². The first-order chi connectivity index (χ1) is 14.8. The summed E-state index contributed by atoms with van der Waals surface area (Å²) < 4.78 is 8.09. The quantitative estimate of drug-likeness (QED) is 0.626. The van der Waals surface area contributed by atoms with Crippen LogP contribution >= 0.6 is 11.6 Å². The Morgan fingerprint density at radius 3 is 2.68 bits per heavy atom. The van der Waals surface area contributed by atoms with Gasteiger partial charge in [0.15, 0.2) is 5.60 Å². The van der Waals surface area contributed by atoms with Crippen LogP contribution in [0.15, 0.2) is 48.5 Å². The van der Waals surface area contributed by atoms with Crippen LogP contribution in [0, 0.1) is 0 Å². The molecule has 1 aromatic heterocycles. The second-order valence-corrected chi connectivity index (χ2v) is 9.21. The van der Waals surface area contributed by atoms with Gasteiger partial charge in [0.2, 0.25) is 5.88 Å². The van der Waals surface area contributed by atoms with Crippen molar-refractivity contribution in [3.8, 4) is 5.88 Å². The van der Waals surface area contributed by atoms with Crippen molar-refractivity contribution in [3.63, 3.8) is 0 Å². The molecule has 31 heavy (non-hydrogen) atoms. The lowest BCUT2D eigenvalue weighted by atomic mass is 10.0. The monoisotopic (exact) mass is 440 g/mol. The Labute approximate surface area is 188 Å². The zero-order chi connectivity index (χ0) is 22.0. The highest BCUT2D eigenvalue weighted by molar-refractivity contribution is 6.30. The number of benzene rings is 2. The van der Waals surface area contributed by atoms with Crippen molar-refractivity contribution >= 4 is 28.4 Å². The average molecular weight is 441 g/mol. The molecule has 0 saturated carbocycles. The van der Waals surface area contributed by atoms with Gasteiger partial charge in [0.05, 0.1) is 17.4 Å². The molecule has 1 aliphatic rings. The summed E-state index contributed by atoms with van der Waals surface area (Å²) >= 11 is 6.14. The summed E-state index contributed by atoms with van der Waals surface area (Å²) in [5.74, 6) is 0.344. The SMILES string of the molecule is CN1CCC(NC(=O)C(C)(C)Oc2nn(Cc3cccc(Cl)c3)c3ccccc23)CC1. The molecule has 0 aliphatic carbocycles. The summed E-state index contributed by atoms with van der Waals surface area (Å²) in [6, 6.07) is 15.8. The molecule has 0 atom stereocenters. The van der Waals surface area contributed by atoms with E-state index < -0.39 is 5.60 Å². The van der Waals surface area contributed by atoms with Gasteiger partial charge in [-0.3, -0.25) is 9.48 Å². The van der Waals surface area contributed by atoms with Crippen LogP contribution in [0.4, 0.5) is 0 Å². The third-order valence-electron chi connectivity index (χ3n) is 5.80. The molecule has 164 valence electrons. The maximum absolute atomic E-state index is 13.0. The smallest absolute Gasteiger partial charge is 0.263 e. The number of piperidine rings is 1. The van der Waals surface area contributed by atoms with Gasteiger partial charge in [0, 0.05) is 11.1 Å². The van der Waals surface area contributed by atoms with Gasteiger partial charge in [0.25, 0.3) is 5.91 Å². The standard InChI is InChI=1S/C24H29ClN4O2/c1-24(2,23(30)26-19-11-13-28(3)14-12-19)31-22-20-9-4-5-10-21(20)29(27-22)16-17-7-6-8-18(25)15-17/h4-10,15,19H,11-14,16H2,1-3H3,(H,26,30). The van der Waals surface area contributed by atoms with Crippen LogP contribution in [-0.2, 0) is 11.3 Å². The van der Waals surface area contributed by atoms with Gasteiger partial charge in [0.1, 0.15) is 0 Å². The van der Waals surface area contributed by atoms with Gasteiger partial charge in [-0.25, -0.2) is 0 Å². The van der Waals surface area contributed by atoms with Crippen molar-refractivity contribution in [1.82, 2.24) is 20.0 Å². The largest absolute Gasteiger partial charge is 0.460 e. The van der Waals surface area contributed by atoms with Gasteiger partial charge in [-0.2, -0.15) is 0 Å². The molecule has 6 nitrogen and oxygen atoms in total. The van der Waals surface area contributed by atoms with E-state index in [1.807, 2.05) is 53.2 Å². The highest BCUT2D eigenvalue weighted by Gasteiger charge is 2.33. The summed E-state index contributed by atoms with van der Waals surface area (Å²) in [7, 11) is 2.11. The lowest BCUT2D eigenvalue weighted by molar-refractivity contribution is -0.135. The molecule has 0 radical (unpaired) electrons. The van der Waals surface area contributed by atoms with Crippen molar-refractivity contribution < 1.29 is 9.53 Å². The number of fused-ring (bicyclic) bond motifs is 1. The number of rotatable bonds is 6. The molecule has 7 heteroatoms. The predicted molar refractivity (Wildman–Crippen MR) is 124 cm³/mol. The number of halogens is 1. The number of amides is 1. The van der Waals surface area contributed by atoms with Crippen LogP contribution in [0.25, 0.3) is 10.9 Å². The first-order valence-electron chi connectivity index (χ1n) is 10.7. The number of para-hydroxylation sites is 1. The molecule has 1 fully saturated rings. The molecule has 3 aromatic rings. The summed E-state index contributed by atoms with van der Waals surface area (Å²) in [6.45, 7) is 6.13. The zero-order valence-electron chi connectivity index (χ0n) is 18.3. The molecule has 0 unspecified atom stereocenters. The minimum absolute atomic E-state index is 0.115. The Morgan fingerprint density at radius 2 is 1.94 bits per heavy atom. The molecule has 2 heterocycles. The number of nitrogens with zero attached hydrogens (tertiary/aromatic N) is 3. The fourth-order valence-corrected chi connectivity index (χ4v) is 4.11. The Balaban J connectivity index is 1.54. The van der Waals surface area contributed by atoms with Crippen LogP contribution in [0.1, 0.15) is 32.3 Å². The summed E-state index contributed by atoms with van der Waals surface area (Å²) in [4.78, 5) is 15.3. The molecule has 1 N–H and O–H groups in total. The van der Waals surface area contributed by atoms with Gasteiger partial charge in [-0.1, -0.05) is 35.9 Å². The highest BCUT2D eigenvalue weighted by atomic mass is 35.5. The average Bonchev–Trinajstić information content (AvgIpc) is 3.06. The van der Waals surface area contributed by atoms with Gasteiger partial charge in [-0.05, 0) is 76.7 Å². The summed E-state index contributed by atoms with van der Waals surface area (Å²) in [5, 5.41) is 9.44. The molecule has 4 rings (SSSR count). The van der Waals surface area contributed by atoms with Gasteiger partial charge >= 0.3 is 0 Å². The van der Waals surface area contributed by atoms with Crippen molar-refractivity contribution in [2.45, 2.75) is 44.9 Å². The number of carbonyl (C=O) groups is 1. The molecule has 0 spiro atoms. The van der Waals surface area contributed by atoms with Crippen molar-refractivity contribution in [2.75, 3.05) is 20.1 Å². The lowest BCUT2D eigenvalue weighted by Gasteiger charge is -2.32. The van der Waals surface area contributed by atoms with Gasteiger partial charge in [-0.15, -0.1) is 5.10 Å². The number of hydrogen-bond acceptors (Lipinski definition) is 4. The van der Waals surface area contributed by atoms with E-state index in [1.54, 1.807) is 13.8 Å². The Morgan fingerprint density at radius 1 is 1.19 bits per heavy atom. The van der Waals surface area contributed by atoms with E-state index in [-0.39, 0.29) is 11.9 Å². The van der Waals surface area contributed by atoms with Crippen LogP contribution in [-0.4, -0.2) is 52.4 Å². The zero-order valence-corrected chi connectivity index (χ0v) is 19.0. The van der Waals surface area contributed by atoms with E-state index in [1.165, 1.54) is 0 Å². The van der Waals surface area contributed by atoms with Crippen molar-refractivity contribution in [2.24, 2.45) is 0 Å². The van der Waals surface area contributed by atoms with Gasteiger partial charge < -0.3 is 15.0 Å². The number of nitrogens with one attached hydrogen (secondary N) is 1. The second kappa shape index (κ2) is 8.89.